The van der Waals surface area contributed by atoms with Crippen LogP contribution in [0.15, 0.2) is 35.8 Å². The molecule has 5 rings (SSSR count). The van der Waals surface area contributed by atoms with Crippen LogP contribution in [0.25, 0.3) is 0 Å². The molecule has 3 saturated heterocycles. The van der Waals surface area contributed by atoms with E-state index >= 15 is 0 Å². The molecule has 3 aliphatic rings. The molecule has 1 aromatic carbocycles. The Morgan fingerprint density at radius 1 is 1.30 bits per heavy atom. The molecule has 1 N–H and O–H groups in total. The number of carbonyl (C=O) groups is 2. The van der Waals surface area contributed by atoms with Crippen LogP contribution in [-0.2, 0) is 16.1 Å². The van der Waals surface area contributed by atoms with Crippen LogP contribution in [-0.4, -0.2) is 46.9 Å². The number of piperidine rings is 3. The van der Waals surface area contributed by atoms with E-state index < -0.39 is 6.04 Å². The Labute approximate surface area is 179 Å². The topological polar surface area (TPSA) is 65.5 Å². The minimum absolute atomic E-state index is 0.0680. The first-order valence-electron chi connectivity index (χ1n) is 10.6. The van der Waals surface area contributed by atoms with Gasteiger partial charge in [-0.2, -0.15) is 0 Å². The number of thiazole rings is 1. The van der Waals surface area contributed by atoms with Gasteiger partial charge in [-0.3, -0.25) is 9.59 Å². The van der Waals surface area contributed by atoms with Gasteiger partial charge in [0.1, 0.15) is 11.9 Å². The molecule has 4 atom stereocenters. The molecule has 0 radical (unpaired) electrons. The number of halogens is 1. The Balaban J connectivity index is 1.39. The zero-order valence-electron chi connectivity index (χ0n) is 16.7. The van der Waals surface area contributed by atoms with E-state index in [9.17, 15) is 14.0 Å². The lowest BCUT2D eigenvalue weighted by atomic mass is 9.72. The number of hydrogen-bond acceptors (Lipinski definition) is 5. The molecule has 2 aromatic rings. The van der Waals surface area contributed by atoms with Gasteiger partial charge in [0, 0.05) is 49.6 Å². The van der Waals surface area contributed by atoms with Gasteiger partial charge in [0.15, 0.2) is 5.13 Å². The first-order valence-corrected chi connectivity index (χ1v) is 11.5. The zero-order chi connectivity index (χ0) is 20.7. The van der Waals surface area contributed by atoms with Crippen LogP contribution < -0.4 is 10.2 Å². The second-order valence-electron chi connectivity index (χ2n) is 8.53. The van der Waals surface area contributed by atoms with E-state index in [1.165, 1.54) is 12.1 Å². The van der Waals surface area contributed by atoms with Crippen molar-refractivity contribution in [2.24, 2.45) is 11.8 Å². The van der Waals surface area contributed by atoms with Crippen molar-refractivity contribution in [3.8, 4) is 0 Å². The third kappa shape index (κ3) is 3.57. The van der Waals surface area contributed by atoms with Gasteiger partial charge in [-0.05, 0) is 42.9 Å². The summed E-state index contributed by atoms with van der Waals surface area (Å²) in [6, 6.07) is 5.88. The lowest BCUT2D eigenvalue weighted by Gasteiger charge is -2.55. The predicted octanol–water partition coefficient (Wildman–Crippen LogP) is 2.80. The standard InChI is InChI=1S/C22H25FN4O2S/c23-17-4-1-3-14(9-17)11-25-21(29)20-16-10-15(18-5-2-6-19(28)27(18)20)12-26(13-16)22-24-7-8-30-22/h1,3-4,7-9,15-16,18,20H,2,5-6,10-13H2,(H,25,29)/t15-,16+,18+,20-/m1/s1. The Bertz CT molecular complexity index is 937. The largest absolute Gasteiger partial charge is 0.350 e. The van der Waals surface area contributed by atoms with Crippen molar-refractivity contribution in [2.75, 3.05) is 18.0 Å². The quantitative estimate of drug-likeness (QED) is 0.813. The summed E-state index contributed by atoms with van der Waals surface area (Å²) in [5, 5.41) is 5.93. The third-order valence-corrected chi connectivity index (χ3v) is 7.49. The lowest BCUT2D eigenvalue weighted by Crippen LogP contribution is -2.68. The fourth-order valence-electron chi connectivity index (χ4n) is 5.46. The van der Waals surface area contributed by atoms with E-state index in [0.717, 1.165) is 37.5 Å². The number of anilines is 1. The van der Waals surface area contributed by atoms with E-state index in [0.29, 0.717) is 17.9 Å². The second-order valence-corrected chi connectivity index (χ2v) is 9.40. The molecule has 8 heteroatoms. The van der Waals surface area contributed by atoms with E-state index in [1.807, 2.05) is 16.5 Å². The summed E-state index contributed by atoms with van der Waals surface area (Å²) in [4.78, 5) is 34.8. The highest BCUT2D eigenvalue weighted by atomic mass is 32.1. The van der Waals surface area contributed by atoms with Crippen LogP contribution >= 0.6 is 11.3 Å². The van der Waals surface area contributed by atoms with Gasteiger partial charge in [-0.15, -0.1) is 11.3 Å². The molecule has 0 spiro atoms. The highest BCUT2D eigenvalue weighted by Crippen LogP contribution is 2.42. The number of fused-ring (bicyclic) bond motifs is 4. The molecule has 1 aromatic heterocycles. The van der Waals surface area contributed by atoms with E-state index in [-0.39, 0.29) is 36.1 Å². The summed E-state index contributed by atoms with van der Waals surface area (Å²) in [7, 11) is 0. The van der Waals surface area contributed by atoms with Crippen LogP contribution in [0.2, 0.25) is 0 Å². The maximum Gasteiger partial charge on any atom is 0.243 e. The van der Waals surface area contributed by atoms with Crippen LogP contribution in [0.1, 0.15) is 31.2 Å². The summed E-state index contributed by atoms with van der Waals surface area (Å²) < 4.78 is 13.5. The van der Waals surface area contributed by atoms with E-state index in [2.05, 4.69) is 15.2 Å². The van der Waals surface area contributed by atoms with Gasteiger partial charge in [-0.25, -0.2) is 9.37 Å². The molecule has 3 fully saturated rings. The number of amides is 2. The highest BCUT2D eigenvalue weighted by Gasteiger charge is 2.52. The van der Waals surface area contributed by atoms with Crippen molar-refractivity contribution < 1.29 is 14.0 Å². The van der Waals surface area contributed by atoms with Gasteiger partial charge < -0.3 is 15.1 Å². The predicted molar refractivity (Wildman–Crippen MR) is 112 cm³/mol. The van der Waals surface area contributed by atoms with Gasteiger partial charge >= 0.3 is 0 Å². The van der Waals surface area contributed by atoms with Crippen molar-refractivity contribution >= 4 is 28.3 Å². The van der Waals surface area contributed by atoms with Crippen molar-refractivity contribution in [1.82, 2.24) is 15.2 Å². The number of hydrogen-bond donors (Lipinski definition) is 1. The molecule has 2 bridgehead atoms. The van der Waals surface area contributed by atoms with E-state index in [4.69, 9.17) is 0 Å². The monoisotopic (exact) mass is 428 g/mol. The van der Waals surface area contributed by atoms with Crippen LogP contribution in [0, 0.1) is 17.7 Å². The summed E-state index contributed by atoms with van der Waals surface area (Å²) in [6.45, 7) is 1.86. The Morgan fingerprint density at radius 3 is 2.97 bits per heavy atom. The molecular formula is C22H25FN4O2S. The fourth-order valence-corrected chi connectivity index (χ4v) is 6.13. The fraction of sp³-hybridized carbons (Fsp3) is 0.500. The van der Waals surface area contributed by atoms with Crippen molar-refractivity contribution in [2.45, 2.75) is 44.3 Å². The first-order chi connectivity index (χ1) is 14.6. The van der Waals surface area contributed by atoms with Gasteiger partial charge in [0.2, 0.25) is 11.8 Å². The van der Waals surface area contributed by atoms with Gasteiger partial charge in [0.05, 0.1) is 0 Å². The minimum atomic E-state index is -0.477. The van der Waals surface area contributed by atoms with Crippen LogP contribution in [0.4, 0.5) is 9.52 Å². The molecule has 2 amide bonds. The van der Waals surface area contributed by atoms with Crippen molar-refractivity contribution in [3.63, 3.8) is 0 Å². The molecule has 30 heavy (non-hydrogen) atoms. The molecule has 0 aliphatic carbocycles. The minimum Gasteiger partial charge on any atom is -0.350 e. The number of aromatic nitrogens is 1. The molecule has 3 aliphatic heterocycles. The molecule has 6 nitrogen and oxygen atoms in total. The number of nitrogens with one attached hydrogen (secondary N) is 1. The van der Waals surface area contributed by atoms with Gasteiger partial charge in [-0.1, -0.05) is 12.1 Å². The maximum atomic E-state index is 13.5. The normalized spacial score (nSPS) is 28.2. The molecular weight excluding hydrogens is 403 g/mol. The highest BCUT2D eigenvalue weighted by molar-refractivity contribution is 7.13. The maximum absolute atomic E-state index is 13.5. The summed E-state index contributed by atoms with van der Waals surface area (Å²) in [5.41, 5.74) is 0.714. The third-order valence-electron chi connectivity index (χ3n) is 6.66. The number of benzene rings is 1. The van der Waals surface area contributed by atoms with Crippen LogP contribution in [0.5, 0.6) is 0 Å². The average Bonchev–Trinajstić information content (AvgIpc) is 3.28. The van der Waals surface area contributed by atoms with Crippen LogP contribution in [0.3, 0.4) is 0 Å². The Morgan fingerprint density at radius 2 is 2.17 bits per heavy atom. The number of nitrogens with zero attached hydrogens (tertiary/aromatic N) is 3. The molecule has 0 unspecified atom stereocenters. The molecule has 4 heterocycles. The average molecular weight is 429 g/mol. The summed E-state index contributed by atoms with van der Waals surface area (Å²) >= 11 is 1.61. The van der Waals surface area contributed by atoms with E-state index in [1.54, 1.807) is 23.5 Å². The van der Waals surface area contributed by atoms with Crippen molar-refractivity contribution in [3.05, 3.63) is 47.2 Å². The SMILES string of the molecule is O=C(NCc1cccc(F)c1)[C@H]1[C@H]2C[C@H](CN(c3nccs3)C2)[C@@H]2CCCC(=O)N21. The number of carbonyl (C=O) groups excluding carboxylic acids is 2. The van der Waals surface area contributed by atoms with Gasteiger partial charge in [0.25, 0.3) is 0 Å². The zero-order valence-corrected chi connectivity index (χ0v) is 17.5. The summed E-state index contributed by atoms with van der Waals surface area (Å²) in [5.74, 6) is 0.0704. The lowest BCUT2D eigenvalue weighted by molar-refractivity contribution is -0.156. The first kappa shape index (κ1) is 19.5. The second kappa shape index (κ2) is 7.98. The summed E-state index contributed by atoms with van der Waals surface area (Å²) in [6.07, 6.45) is 5.11. The number of rotatable bonds is 4. The Kier molecular flexibility index (Phi) is 5.18. The molecule has 0 saturated carbocycles. The molecule has 158 valence electrons. The van der Waals surface area contributed by atoms with Crippen molar-refractivity contribution in [1.29, 1.82) is 0 Å². The Hall–Kier alpha value is -2.48. The smallest absolute Gasteiger partial charge is 0.243 e.